The van der Waals surface area contributed by atoms with Crippen molar-refractivity contribution in [2.45, 2.75) is 30.5 Å². The molecule has 1 aliphatic heterocycles. The van der Waals surface area contributed by atoms with E-state index in [9.17, 15) is 26.4 Å². The van der Waals surface area contributed by atoms with Crippen LogP contribution in [0.1, 0.15) is 35.4 Å². The summed E-state index contributed by atoms with van der Waals surface area (Å²) in [5, 5.41) is -0.611. The highest BCUT2D eigenvalue weighted by Crippen LogP contribution is 2.37. The highest BCUT2D eigenvalue weighted by atomic mass is 32.2. The number of carbonyl (C=O) groups excluding carboxylic acids is 1. The third-order valence-corrected chi connectivity index (χ3v) is 5.74. The average Bonchev–Trinajstić information content (AvgIpc) is 3.18. The molecule has 29 heavy (non-hydrogen) atoms. The number of sulfonamides is 1. The fourth-order valence-corrected chi connectivity index (χ4v) is 4.07. The van der Waals surface area contributed by atoms with Gasteiger partial charge in [0, 0.05) is 13.1 Å². The normalized spacial score (nSPS) is 15.2. The minimum absolute atomic E-state index is 0.210. The Morgan fingerprint density at radius 1 is 1.14 bits per heavy atom. The number of nitrogens with one attached hydrogen (secondary N) is 1. The van der Waals surface area contributed by atoms with Crippen LogP contribution in [0, 0.1) is 0 Å². The second-order valence-corrected chi connectivity index (χ2v) is 8.11. The molecular formula is C18H19F3N2O5S. The molecule has 0 unspecified atom stereocenters. The molecule has 0 aliphatic carbocycles. The molecule has 2 heterocycles. The molecule has 0 bridgehead atoms. The smallest absolute Gasteiger partial charge is 0.416 e. The zero-order valence-corrected chi connectivity index (χ0v) is 16.3. The molecule has 1 fully saturated rings. The van der Waals surface area contributed by atoms with Gasteiger partial charge in [-0.15, -0.1) is 0 Å². The second kappa shape index (κ2) is 7.97. The predicted molar refractivity (Wildman–Crippen MR) is 98.4 cm³/mol. The highest BCUT2D eigenvalue weighted by Gasteiger charge is 2.32. The van der Waals surface area contributed by atoms with Gasteiger partial charge in [0.2, 0.25) is 10.9 Å². The van der Waals surface area contributed by atoms with Crippen molar-refractivity contribution in [1.29, 1.82) is 0 Å². The summed E-state index contributed by atoms with van der Waals surface area (Å²) in [5.41, 5.74) is -0.843. The number of furan rings is 1. The number of ether oxygens (including phenoxy) is 1. The molecule has 1 N–H and O–H groups in total. The maximum atomic E-state index is 13.2. The van der Waals surface area contributed by atoms with Gasteiger partial charge in [0.1, 0.15) is 0 Å². The first-order valence-corrected chi connectivity index (χ1v) is 10.3. The quantitative estimate of drug-likeness (QED) is 0.722. The summed E-state index contributed by atoms with van der Waals surface area (Å²) >= 11 is 0. The van der Waals surface area contributed by atoms with Gasteiger partial charge in [0.25, 0.3) is 10.0 Å². The number of carbonyl (C=O) groups is 1. The largest absolute Gasteiger partial charge is 0.463 e. The molecule has 7 nitrogen and oxygen atoms in total. The zero-order valence-electron chi connectivity index (χ0n) is 15.5. The lowest BCUT2D eigenvalue weighted by Crippen LogP contribution is -2.30. The minimum Gasteiger partial charge on any atom is -0.463 e. The summed E-state index contributed by atoms with van der Waals surface area (Å²) in [6.45, 7) is 1.21. The Morgan fingerprint density at radius 3 is 2.45 bits per heavy atom. The van der Waals surface area contributed by atoms with Crippen LogP contribution < -0.4 is 9.62 Å². The lowest BCUT2D eigenvalue weighted by Gasteiger charge is -2.31. The van der Waals surface area contributed by atoms with Crippen molar-refractivity contribution in [3.05, 3.63) is 41.7 Å². The number of methoxy groups -OCH3 is 1. The molecule has 11 heteroatoms. The molecule has 0 saturated carbocycles. The molecule has 1 saturated heterocycles. The van der Waals surface area contributed by atoms with Gasteiger partial charge >= 0.3 is 12.1 Å². The Labute approximate surface area is 165 Å². The van der Waals surface area contributed by atoms with Gasteiger partial charge < -0.3 is 14.1 Å². The Hall–Kier alpha value is -2.69. The van der Waals surface area contributed by atoms with Gasteiger partial charge in [0.15, 0.2) is 0 Å². The van der Waals surface area contributed by atoms with Gasteiger partial charge in [-0.05, 0) is 49.6 Å². The lowest BCUT2D eigenvalue weighted by molar-refractivity contribution is -0.137. The van der Waals surface area contributed by atoms with Crippen LogP contribution in [-0.4, -0.2) is 34.6 Å². The second-order valence-electron chi connectivity index (χ2n) is 6.49. The van der Waals surface area contributed by atoms with E-state index in [2.05, 4.69) is 9.46 Å². The van der Waals surface area contributed by atoms with E-state index in [0.717, 1.165) is 50.6 Å². The average molecular weight is 432 g/mol. The summed E-state index contributed by atoms with van der Waals surface area (Å²) < 4.78 is 76.5. The molecule has 0 amide bonds. The minimum atomic E-state index is -4.64. The number of hydrogen-bond acceptors (Lipinski definition) is 6. The van der Waals surface area contributed by atoms with E-state index in [4.69, 9.17) is 4.42 Å². The van der Waals surface area contributed by atoms with Crippen molar-refractivity contribution in [3.63, 3.8) is 0 Å². The molecule has 0 spiro atoms. The molecule has 1 aromatic heterocycles. The number of anilines is 2. The fourth-order valence-electron chi connectivity index (χ4n) is 3.07. The Balaban J connectivity index is 1.98. The van der Waals surface area contributed by atoms with E-state index in [1.54, 1.807) is 0 Å². The third-order valence-electron chi connectivity index (χ3n) is 4.50. The number of halogens is 3. The standard InChI is InChI=1S/C18H19F3N2O5S/c1-27-17(24)15-7-8-16(28-15)29(25,26)22-13-11-12(18(19,20)21)5-6-14(13)23-9-3-2-4-10-23/h5-8,11,22H,2-4,9-10H2,1H3. The van der Waals surface area contributed by atoms with Crippen LogP contribution in [-0.2, 0) is 20.9 Å². The first-order chi connectivity index (χ1) is 13.6. The van der Waals surface area contributed by atoms with Crippen molar-refractivity contribution in [1.82, 2.24) is 0 Å². The van der Waals surface area contributed by atoms with Gasteiger partial charge in [-0.25, -0.2) is 4.79 Å². The van der Waals surface area contributed by atoms with Gasteiger partial charge in [0.05, 0.1) is 24.0 Å². The summed E-state index contributed by atoms with van der Waals surface area (Å²) in [6.07, 6.45) is -1.92. The Bertz CT molecular complexity index is 995. The van der Waals surface area contributed by atoms with Gasteiger partial charge in [-0.3, -0.25) is 4.72 Å². The van der Waals surface area contributed by atoms with Gasteiger partial charge in [-0.2, -0.15) is 21.6 Å². The summed E-state index contributed by atoms with van der Waals surface area (Å²) in [5.74, 6) is -1.22. The fraction of sp³-hybridized carbons (Fsp3) is 0.389. The van der Waals surface area contributed by atoms with Crippen molar-refractivity contribution in [2.24, 2.45) is 0 Å². The number of nitrogens with zero attached hydrogens (tertiary/aromatic N) is 1. The SMILES string of the molecule is COC(=O)c1ccc(S(=O)(=O)Nc2cc(C(F)(F)F)ccc2N2CCCCC2)o1. The molecule has 0 radical (unpaired) electrons. The Morgan fingerprint density at radius 2 is 1.83 bits per heavy atom. The number of esters is 1. The van der Waals surface area contributed by atoms with Crippen LogP contribution in [0.2, 0.25) is 0 Å². The maximum Gasteiger partial charge on any atom is 0.416 e. The molecule has 1 aliphatic rings. The zero-order chi connectivity index (χ0) is 21.2. The highest BCUT2D eigenvalue weighted by molar-refractivity contribution is 7.92. The summed E-state index contributed by atoms with van der Waals surface area (Å²) in [4.78, 5) is 13.3. The number of benzene rings is 1. The number of piperidine rings is 1. The third kappa shape index (κ3) is 4.66. The van der Waals surface area contributed by atoms with E-state index < -0.39 is 32.8 Å². The van der Waals surface area contributed by atoms with Crippen LogP contribution in [0.25, 0.3) is 0 Å². The Kier molecular flexibility index (Phi) is 5.78. The summed E-state index contributed by atoms with van der Waals surface area (Å²) in [6, 6.07) is 5.07. The molecule has 1 aromatic carbocycles. The van der Waals surface area contributed by atoms with Crippen molar-refractivity contribution in [2.75, 3.05) is 29.8 Å². The van der Waals surface area contributed by atoms with Crippen molar-refractivity contribution >= 4 is 27.4 Å². The van der Waals surface area contributed by atoms with E-state index in [1.165, 1.54) is 6.07 Å². The molecular weight excluding hydrogens is 413 g/mol. The molecule has 3 rings (SSSR count). The monoisotopic (exact) mass is 432 g/mol. The van der Waals surface area contributed by atoms with E-state index in [1.807, 2.05) is 4.90 Å². The van der Waals surface area contributed by atoms with Crippen molar-refractivity contribution in [3.8, 4) is 0 Å². The first-order valence-electron chi connectivity index (χ1n) is 8.79. The van der Waals surface area contributed by atoms with Crippen LogP contribution in [0.3, 0.4) is 0 Å². The first kappa shape index (κ1) is 21.0. The van der Waals surface area contributed by atoms with E-state index in [0.29, 0.717) is 18.8 Å². The van der Waals surface area contributed by atoms with Gasteiger partial charge in [-0.1, -0.05) is 0 Å². The lowest BCUT2D eigenvalue weighted by atomic mass is 10.1. The van der Waals surface area contributed by atoms with E-state index >= 15 is 0 Å². The van der Waals surface area contributed by atoms with Crippen molar-refractivity contribution < 1.29 is 35.5 Å². The summed E-state index contributed by atoms with van der Waals surface area (Å²) in [7, 11) is -3.27. The number of alkyl halides is 3. The van der Waals surface area contributed by atoms with E-state index in [-0.39, 0.29) is 11.4 Å². The van der Waals surface area contributed by atoms with Crippen LogP contribution in [0.15, 0.2) is 39.8 Å². The molecule has 0 atom stereocenters. The maximum absolute atomic E-state index is 13.2. The number of rotatable bonds is 5. The number of hydrogen-bond donors (Lipinski definition) is 1. The molecule has 158 valence electrons. The topological polar surface area (TPSA) is 88.8 Å². The van der Waals surface area contributed by atoms with Crippen LogP contribution in [0.4, 0.5) is 24.5 Å². The predicted octanol–water partition coefficient (Wildman–Crippen LogP) is 3.88. The molecule has 2 aromatic rings. The van der Waals surface area contributed by atoms with Crippen LogP contribution in [0.5, 0.6) is 0 Å². The van der Waals surface area contributed by atoms with Crippen LogP contribution >= 0.6 is 0 Å².